The Morgan fingerprint density at radius 2 is 2.15 bits per heavy atom. The molecule has 0 spiro atoms. The maximum absolute atomic E-state index is 13.8. The quantitative estimate of drug-likeness (QED) is 0.423. The molecule has 0 aliphatic heterocycles. The van der Waals surface area contributed by atoms with Gasteiger partial charge in [-0.05, 0) is 26.3 Å². The number of benzene rings is 1. The number of nitrogens with zero attached hydrogens (tertiary/aromatic N) is 3. The lowest BCUT2D eigenvalue weighted by atomic mass is 10.2. The molecule has 2 rings (SSSR count). The number of thioether (sulfide) groups is 1. The maximum Gasteiger partial charge on any atom is 0.271 e. The van der Waals surface area contributed by atoms with Gasteiger partial charge in [0, 0.05) is 24.4 Å². The van der Waals surface area contributed by atoms with Gasteiger partial charge < -0.3 is 9.88 Å². The number of imidazole rings is 1. The van der Waals surface area contributed by atoms with Crippen molar-refractivity contribution in [3.05, 3.63) is 45.5 Å². The summed E-state index contributed by atoms with van der Waals surface area (Å²) in [6, 6.07) is 3.02. The fourth-order valence-corrected chi connectivity index (χ4v) is 3.27. The number of aryl methyl sites for hydroxylation is 1. The maximum atomic E-state index is 13.8. The van der Waals surface area contributed by atoms with Crippen molar-refractivity contribution in [2.75, 3.05) is 11.1 Å². The lowest BCUT2D eigenvalue weighted by Crippen LogP contribution is -2.16. The SMILES string of the molecule is CCCCn1c(SCC(=O)Nc2cc([N+](=O)[O-])ccc2F)nc(C)c1C. The molecular weight excluding hydrogens is 359 g/mol. The number of non-ortho nitro benzene ring substituents is 1. The van der Waals surface area contributed by atoms with Crippen LogP contribution in [0.15, 0.2) is 23.4 Å². The summed E-state index contributed by atoms with van der Waals surface area (Å²) in [6.07, 6.45) is 2.06. The Kier molecular flexibility index (Phi) is 6.73. The Hall–Kier alpha value is -2.42. The molecule has 0 saturated heterocycles. The van der Waals surface area contributed by atoms with Gasteiger partial charge in [-0.1, -0.05) is 25.1 Å². The molecule has 0 radical (unpaired) electrons. The van der Waals surface area contributed by atoms with Gasteiger partial charge in [0.1, 0.15) is 5.82 Å². The summed E-state index contributed by atoms with van der Waals surface area (Å²) in [5.41, 5.74) is 1.49. The zero-order valence-electron chi connectivity index (χ0n) is 14.9. The van der Waals surface area contributed by atoms with Crippen LogP contribution in [0.25, 0.3) is 0 Å². The predicted molar refractivity (Wildman–Crippen MR) is 99.0 cm³/mol. The van der Waals surface area contributed by atoms with Gasteiger partial charge in [-0.3, -0.25) is 14.9 Å². The van der Waals surface area contributed by atoms with E-state index in [1.54, 1.807) is 0 Å². The first-order valence-electron chi connectivity index (χ1n) is 8.23. The van der Waals surface area contributed by atoms with Crippen LogP contribution < -0.4 is 5.32 Å². The second kappa shape index (κ2) is 8.79. The third kappa shape index (κ3) is 4.81. The van der Waals surface area contributed by atoms with E-state index in [1.807, 2.05) is 13.8 Å². The second-order valence-corrected chi connectivity index (χ2v) is 6.77. The van der Waals surface area contributed by atoms with E-state index in [0.717, 1.165) is 54.1 Å². The molecule has 1 aromatic heterocycles. The number of unbranched alkanes of at least 4 members (excludes halogenated alkanes) is 1. The molecule has 0 saturated carbocycles. The number of nitrogens with one attached hydrogen (secondary N) is 1. The number of rotatable bonds is 8. The predicted octanol–water partition coefficient (Wildman–Crippen LogP) is 4.08. The van der Waals surface area contributed by atoms with Crippen LogP contribution in [0, 0.1) is 29.8 Å². The van der Waals surface area contributed by atoms with Crippen LogP contribution in [0.1, 0.15) is 31.2 Å². The molecule has 0 bridgehead atoms. The van der Waals surface area contributed by atoms with E-state index < -0.39 is 16.6 Å². The average molecular weight is 380 g/mol. The third-order valence-electron chi connectivity index (χ3n) is 3.93. The lowest BCUT2D eigenvalue weighted by molar-refractivity contribution is -0.384. The Labute approximate surface area is 155 Å². The summed E-state index contributed by atoms with van der Waals surface area (Å²) >= 11 is 1.26. The van der Waals surface area contributed by atoms with Crippen molar-refractivity contribution >= 4 is 29.0 Å². The summed E-state index contributed by atoms with van der Waals surface area (Å²) in [6.45, 7) is 6.83. The molecule has 7 nitrogen and oxygen atoms in total. The number of anilines is 1. The largest absolute Gasteiger partial charge is 0.323 e. The summed E-state index contributed by atoms with van der Waals surface area (Å²) in [5, 5.41) is 13.9. The lowest BCUT2D eigenvalue weighted by Gasteiger charge is -2.09. The summed E-state index contributed by atoms with van der Waals surface area (Å²) < 4.78 is 15.8. The molecule has 140 valence electrons. The van der Waals surface area contributed by atoms with Crippen molar-refractivity contribution in [1.29, 1.82) is 0 Å². The smallest absolute Gasteiger partial charge is 0.271 e. The van der Waals surface area contributed by atoms with Gasteiger partial charge in [0.15, 0.2) is 5.16 Å². The zero-order valence-corrected chi connectivity index (χ0v) is 15.7. The number of halogens is 1. The Balaban J connectivity index is 2.05. The molecular formula is C17H21FN4O3S. The average Bonchev–Trinajstić information content (AvgIpc) is 2.87. The van der Waals surface area contributed by atoms with Crippen LogP contribution in [0.2, 0.25) is 0 Å². The molecule has 1 aromatic carbocycles. The first-order valence-corrected chi connectivity index (χ1v) is 9.22. The van der Waals surface area contributed by atoms with E-state index >= 15 is 0 Å². The molecule has 1 heterocycles. The van der Waals surface area contributed by atoms with E-state index in [1.165, 1.54) is 11.8 Å². The number of amides is 1. The molecule has 0 unspecified atom stereocenters. The fourth-order valence-electron chi connectivity index (χ4n) is 2.35. The van der Waals surface area contributed by atoms with Crippen molar-refractivity contribution in [3.8, 4) is 0 Å². The van der Waals surface area contributed by atoms with Crippen LogP contribution >= 0.6 is 11.8 Å². The Morgan fingerprint density at radius 3 is 2.81 bits per heavy atom. The minimum absolute atomic E-state index is 0.0319. The van der Waals surface area contributed by atoms with Gasteiger partial charge in [0.25, 0.3) is 5.69 Å². The van der Waals surface area contributed by atoms with Gasteiger partial charge in [0.05, 0.1) is 22.1 Å². The molecule has 0 fully saturated rings. The van der Waals surface area contributed by atoms with E-state index in [0.29, 0.717) is 0 Å². The highest BCUT2D eigenvalue weighted by molar-refractivity contribution is 7.99. The topological polar surface area (TPSA) is 90.1 Å². The Morgan fingerprint density at radius 1 is 1.42 bits per heavy atom. The minimum Gasteiger partial charge on any atom is -0.323 e. The van der Waals surface area contributed by atoms with E-state index in [-0.39, 0.29) is 17.1 Å². The molecule has 1 amide bonds. The monoisotopic (exact) mass is 380 g/mol. The van der Waals surface area contributed by atoms with Crippen molar-refractivity contribution in [1.82, 2.24) is 9.55 Å². The van der Waals surface area contributed by atoms with Gasteiger partial charge in [0.2, 0.25) is 5.91 Å². The Bertz CT molecular complexity index is 823. The van der Waals surface area contributed by atoms with Gasteiger partial charge >= 0.3 is 0 Å². The van der Waals surface area contributed by atoms with E-state index in [9.17, 15) is 19.3 Å². The molecule has 9 heteroatoms. The first-order chi connectivity index (χ1) is 12.3. The van der Waals surface area contributed by atoms with Crippen LogP contribution in [0.4, 0.5) is 15.8 Å². The minimum atomic E-state index is -0.718. The molecule has 1 N–H and O–H groups in total. The van der Waals surface area contributed by atoms with Crippen LogP contribution in [-0.4, -0.2) is 26.1 Å². The first kappa shape index (κ1) is 19.9. The van der Waals surface area contributed by atoms with Crippen molar-refractivity contribution in [2.24, 2.45) is 0 Å². The van der Waals surface area contributed by atoms with E-state index in [2.05, 4.69) is 21.8 Å². The normalized spacial score (nSPS) is 10.8. The zero-order chi connectivity index (χ0) is 19.3. The van der Waals surface area contributed by atoms with E-state index in [4.69, 9.17) is 0 Å². The molecule has 26 heavy (non-hydrogen) atoms. The van der Waals surface area contributed by atoms with Crippen molar-refractivity contribution < 1.29 is 14.1 Å². The van der Waals surface area contributed by atoms with Crippen molar-refractivity contribution in [3.63, 3.8) is 0 Å². The molecule has 0 aliphatic rings. The van der Waals surface area contributed by atoms with Crippen LogP contribution in [-0.2, 0) is 11.3 Å². The standard InChI is InChI=1S/C17H21FN4O3S/c1-4-5-8-21-12(3)11(2)19-17(21)26-10-16(23)20-15-9-13(22(24)25)6-7-14(15)18/h6-7,9H,4-5,8,10H2,1-3H3,(H,20,23). The number of nitro groups is 1. The van der Waals surface area contributed by atoms with Gasteiger partial charge in [-0.25, -0.2) is 9.37 Å². The highest BCUT2D eigenvalue weighted by atomic mass is 32.2. The number of hydrogen-bond acceptors (Lipinski definition) is 5. The summed E-state index contributed by atoms with van der Waals surface area (Å²) in [4.78, 5) is 26.7. The number of carbonyl (C=O) groups excluding carboxylic acids is 1. The number of aromatic nitrogens is 2. The third-order valence-corrected chi connectivity index (χ3v) is 4.90. The van der Waals surface area contributed by atoms with Crippen molar-refractivity contribution in [2.45, 2.75) is 45.3 Å². The highest BCUT2D eigenvalue weighted by Gasteiger charge is 2.16. The number of nitro benzene ring substituents is 1. The van der Waals surface area contributed by atoms with Gasteiger partial charge in [-0.15, -0.1) is 0 Å². The summed E-state index contributed by atoms with van der Waals surface area (Å²) in [5.74, 6) is -1.13. The molecule has 0 atom stereocenters. The number of hydrogen-bond donors (Lipinski definition) is 1. The molecule has 2 aromatic rings. The highest BCUT2D eigenvalue weighted by Crippen LogP contribution is 2.24. The van der Waals surface area contributed by atoms with Gasteiger partial charge in [-0.2, -0.15) is 0 Å². The number of carbonyl (C=O) groups is 1. The molecule has 0 aliphatic carbocycles. The van der Waals surface area contributed by atoms with Crippen LogP contribution in [0.3, 0.4) is 0 Å². The van der Waals surface area contributed by atoms with Crippen LogP contribution in [0.5, 0.6) is 0 Å². The summed E-state index contributed by atoms with van der Waals surface area (Å²) in [7, 11) is 0. The fraction of sp³-hybridized carbons (Fsp3) is 0.412. The second-order valence-electron chi connectivity index (χ2n) is 5.83.